The number of carbonyl (C=O) groups excluding carboxylic acids is 1. The maximum absolute atomic E-state index is 12.2. The predicted octanol–water partition coefficient (Wildman–Crippen LogP) is 2.10. The van der Waals surface area contributed by atoms with E-state index in [0.29, 0.717) is 19.0 Å². The van der Waals surface area contributed by atoms with Crippen LogP contribution in [0.1, 0.15) is 58.7 Å². The van der Waals surface area contributed by atoms with Crippen molar-refractivity contribution in [2.24, 2.45) is 17.5 Å². The number of hydrogen-bond acceptors (Lipinski definition) is 3. The monoisotopic (exact) mass is 364 g/mol. The van der Waals surface area contributed by atoms with Crippen LogP contribution in [0.15, 0.2) is 11.2 Å². The Hall–Kier alpha value is -2.05. The zero-order valence-electron chi connectivity index (χ0n) is 17.7. The molecule has 1 heterocycles. The third-order valence-corrected chi connectivity index (χ3v) is 4.16. The Labute approximate surface area is 158 Å². The highest BCUT2D eigenvalue weighted by atomic mass is 16.2. The Bertz CT molecular complexity index is 618. The predicted molar refractivity (Wildman–Crippen MR) is 107 cm³/mol. The Morgan fingerprint density at radius 2 is 1.92 bits per heavy atom. The highest BCUT2D eigenvalue weighted by molar-refractivity contribution is 5.83. The number of aliphatic imine (C=N–C) groups is 1. The van der Waals surface area contributed by atoms with Crippen molar-refractivity contribution >= 4 is 11.9 Å². The summed E-state index contributed by atoms with van der Waals surface area (Å²) in [6.45, 7) is 14.7. The SMILES string of the molecule is CCNC(=O)C(C)(C)CN=C(NCC)N(C)Cc1cn(C)nc1C(C)C. The van der Waals surface area contributed by atoms with Gasteiger partial charge in [-0.2, -0.15) is 5.10 Å². The number of amides is 1. The lowest BCUT2D eigenvalue weighted by Crippen LogP contribution is -2.42. The van der Waals surface area contributed by atoms with Gasteiger partial charge < -0.3 is 15.5 Å². The van der Waals surface area contributed by atoms with Crippen molar-refractivity contribution in [3.8, 4) is 0 Å². The van der Waals surface area contributed by atoms with E-state index in [-0.39, 0.29) is 5.91 Å². The minimum atomic E-state index is -0.547. The molecule has 7 heteroatoms. The molecule has 26 heavy (non-hydrogen) atoms. The second-order valence-electron chi connectivity index (χ2n) is 7.64. The number of nitrogens with one attached hydrogen (secondary N) is 2. The first kappa shape index (κ1) is 22.0. The summed E-state index contributed by atoms with van der Waals surface area (Å²) in [7, 11) is 3.96. The quantitative estimate of drug-likeness (QED) is 0.547. The van der Waals surface area contributed by atoms with E-state index in [1.165, 1.54) is 5.56 Å². The van der Waals surface area contributed by atoms with Gasteiger partial charge in [0, 0.05) is 45.5 Å². The minimum Gasteiger partial charge on any atom is -0.357 e. The molecule has 0 saturated heterocycles. The number of aryl methyl sites for hydroxylation is 1. The highest BCUT2D eigenvalue weighted by Gasteiger charge is 2.27. The molecule has 0 spiro atoms. The standard InChI is InChI=1S/C19H36N6O/c1-9-20-17(26)19(5,6)13-22-18(21-10-2)24(7)11-15-12-25(8)23-16(15)14(3)4/h12,14H,9-11,13H2,1-8H3,(H,20,26)(H,21,22). The summed E-state index contributed by atoms with van der Waals surface area (Å²) in [6.07, 6.45) is 2.06. The van der Waals surface area contributed by atoms with Crippen LogP contribution in [0, 0.1) is 5.41 Å². The van der Waals surface area contributed by atoms with Crippen molar-refractivity contribution in [2.75, 3.05) is 26.7 Å². The molecule has 0 aliphatic heterocycles. The fourth-order valence-electron chi connectivity index (χ4n) is 2.71. The average molecular weight is 365 g/mol. The van der Waals surface area contributed by atoms with E-state index < -0.39 is 5.41 Å². The van der Waals surface area contributed by atoms with Crippen LogP contribution in [0.2, 0.25) is 0 Å². The van der Waals surface area contributed by atoms with Crippen LogP contribution >= 0.6 is 0 Å². The van der Waals surface area contributed by atoms with Crippen LogP contribution < -0.4 is 10.6 Å². The molecular formula is C19H36N6O. The van der Waals surface area contributed by atoms with Gasteiger partial charge in [0.1, 0.15) is 0 Å². The number of aromatic nitrogens is 2. The van der Waals surface area contributed by atoms with Crippen molar-refractivity contribution in [1.82, 2.24) is 25.3 Å². The number of guanidine groups is 1. The summed E-state index contributed by atoms with van der Waals surface area (Å²) >= 11 is 0. The van der Waals surface area contributed by atoms with Gasteiger partial charge in [0.05, 0.1) is 17.7 Å². The lowest BCUT2D eigenvalue weighted by atomic mass is 9.92. The molecule has 148 valence electrons. The minimum absolute atomic E-state index is 0.0246. The third-order valence-electron chi connectivity index (χ3n) is 4.16. The molecule has 1 aromatic heterocycles. The molecule has 0 atom stereocenters. The molecule has 0 aliphatic carbocycles. The van der Waals surface area contributed by atoms with Crippen LogP contribution in [0.3, 0.4) is 0 Å². The van der Waals surface area contributed by atoms with Crippen molar-refractivity contribution in [3.63, 3.8) is 0 Å². The molecule has 0 aliphatic rings. The van der Waals surface area contributed by atoms with E-state index >= 15 is 0 Å². The van der Waals surface area contributed by atoms with Gasteiger partial charge in [-0.25, -0.2) is 0 Å². The summed E-state index contributed by atoms with van der Waals surface area (Å²) < 4.78 is 1.86. The lowest BCUT2D eigenvalue weighted by molar-refractivity contribution is -0.128. The maximum atomic E-state index is 12.2. The van der Waals surface area contributed by atoms with Crippen molar-refractivity contribution in [2.45, 2.75) is 54.0 Å². The fraction of sp³-hybridized carbons (Fsp3) is 0.737. The van der Waals surface area contributed by atoms with Crippen molar-refractivity contribution in [1.29, 1.82) is 0 Å². The highest BCUT2D eigenvalue weighted by Crippen LogP contribution is 2.19. The number of hydrogen-bond donors (Lipinski definition) is 2. The molecule has 7 nitrogen and oxygen atoms in total. The van der Waals surface area contributed by atoms with E-state index in [2.05, 4.69) is 40.7 Å². The topological polar surface area (TPSA) is 74.6 Å². The third kappa shape index (κ3) is 6.04. The zero-order chi connectivity index (χ0) is 19.9. The summed E-state index contributed by atoms with van der Waals surface area (Å²) in [4.78, 5) is 19.0. The molecule has 0 radical (unpaired) electrons. The normalized spacial score (nSPS) is 12.4. The van der Waals surface area contributed by atoms with E-state index in [4.69, 9.17) is 4.99 Å². The van der Waals surface area contributed by atoms with E-state index in [9.17, 15) is 4.79 Å². The molecule has 0 bridgehead atoms. The van der Waals surface area contributed by atoms with Gasteiger partial charge in [0.25, 0.3) is 0 Å². The first-order chi connectivity index (χ1) is 12.1. The zero-order valence-corrected chi connectivity index (χ0v) is 17.7. The van der Waals surface area contributed by atoms with Crippen LogP contribution in [0.5, 0.6) is 0 Å². The van der Waals surface area contributed by atoms with Gasteiger partial charge in [-0.1, -0.05) is 13.8 Å². The lowest BCUT2D eigenvalue weighted by Gasteiger charge is -2.25. The fourth-order valence-corrected chi connectivity index (χ4v) is 2.71. The molecule has 0 unspecified atom stereocenters. The van der Waals surface area contributed by atoms with Gasteiger partial charge in [0.15, 0.2) is 5.96 Å². The van der Waals surface area contributed by atoms with Gasteiger partial charge in [-0.05, 0) is 33.6 Å². The first-order valence-corrected chi connectivity index (χ1v) is 9.42. The maximum Gasteiger partial charge on any atom is 0.227 e. The molecule has 0 saturated carbocycles. The molecule has 1 aromatic rings. The van der Waals surface area contributed by atoms with Crippen LogP contribution in [0.4, 0.5) is 0 Å². The summed E-state index contributed by atoms with van der Waals surface area (Å²) in [5, 5.41) is 10.8. The smallest absolute Gasteiger partial charge is 0.227 e. The van der Waals surface area contributed by atoms with Crippen LogP contribution in [-0.4, -0.2) is 53.2 Å². The molecule has 2 N–H and O–H groups in total. The van der Waals surface area contributed by atoms with E-state index in [0.717, 1.165) is 24.7 Å². The van der Waals surface area contributed by atoms with Crippen molar-refractivity contribution in [3.05, 3.63) is 17.5 Å². The molecule has 1 amide bonds. The Kier molecular flexibility index (Phi) is 8.11. The second kappa shape index (κ2) is 9.59. The largest absolute Gasteiger partial charge is 0.357 e. The second-order valence-corrected chi connectivity index (χ2v) is 7.64. The first-order valence-electron chi connectivity index (χ1n) is 9.42. The number of nitrogens with zero attached hydrogens (tertiary/aromatic N) is 4. The van der Waals surface area contributed by atoms with Crippen LogP contribution in [-0.2, 0) is 18.4 Å². The molecule has 0 fully saturated rings. The average Bonchev–Trinajstić information content (AvgIpc) is 2.92. The number of carbonyl (C=O) groups is 1. The summed E-state index contributed by atoms with van der Waals surface area (Å²) in [5.41, 5.74) is 1.76. The van der Waals surface area contributed by atoms with Gasteiger partial charge >= 0.3 is 0 Å². The molecule has 1 rings (SSSR count). The summed E-state index contributed by atoms with van der Waals surface area (Å²) in [5.74, 6) is 1.19. The Balaban J connectivity index is 2.93. The Morgan fingerprint density at radius 3 is 2.46 bits per heavy atom. The van der Waals surface area contributed by atoms with E-state index in [1.54, 1.807) is 0 Å². The summed E-state index contributed by atoms with van der Waals surface area (Å²) in [6, 6.07) is 0. The number of rotatable bonds is 8. The Morgan fingerprint density at radius 1 is 1.31 bits per heavy atom. The molecule has 0 aromatic carbocycles. The van der Waals surface area contributed by atoms with Gasteiger partial charge in [0.2, 0.25) is 5.91 Å². The van der Waals surface area contributed by atoms with Crippen molar-refractivity contribution < 1.29 is 4.79 Å². The van der Waals surface area contributed by atoms with Gasteiger partial charge in [-0.3, -0.25) is 14.5 Å². The van der Waals surface area contributed by atoms with Crippen LogP contribution in [0.25, 0.3) is 0 Å². The molecular weight excluding hydrogens is 328 g/mol. The van der Waals surface area contributed by atoms with Gasteiger partial charge in [-0.15, -0.1) is 0 Å². The van der Waals surface area contributed by atoms with E-state index in [1.807, 2.05) is 46.5 Å².